The molecular weight excluding hydrogens is 358 g/mol. The van der Waals surface area contributed by atoms with Crippen LogP contribution in [0.4, 0.5) is 5.13 Å². The third-order valence-corrected chi connectivity index (χ3v) is 5.29. The number of aromatic nitrogens is 1. The van der Waals surface area contributed by atoms with E-state index in [2.05, 4.69) is 10.3 Å². The highest BCUT2D eigenvalue weighted by Gasteiger charge is 2.11. The fraction of sp³-hybridized carbons (Fsp3) is 0.476. The minimum atomic E-state index is -0.000390. The van der Waals surface area contributed by atoms with E-state index in [0.29, 0.717) is 18.0 Å². The monoisotopic (exact) mass is 387 g/mol. The number of carbonyl (C=O) groups is 2. The normalized spacial score (nSPS) is 10.8. The molecule has 0 bridgehead atoms. The second-order valence-electron chi connectivity index (χ2n) is 6.96. The van der Waals surface area contributed by atoms with Gasteiger partial charge in [0.1, 0.15) is 0 Å². The highest BCUT2D eigenvalue weighted by Crippen LogP contribution is 2.24. The van der Waals surface area contributed by atoms with E-state index in [9.17, 15) is 9.59 Å². The maximum absolute atomic E-state index is 12.1. The average molecular weight is 388 g/mol. The van der Waals surface area contributed by atoms with Crippen LogP contribution in [0.2, 0.25) is 0 Å². The highest BCUT2D eigenvalue weighted by atomic mass is 32.1. The lowest BCUT2D eigenvalue weighted by atomic mass is 10.1. The molecular formula is C21H29N3O2S. The van der Waals surface area contributed by atoms with E-state index in [1.54, 1.807) is 4.90 Å². The van der Waals surface area contributed by atoms with Gasteiger partial charge in [0.05, 0.1) is 5.69 Å². The van der Waals surface area contributed by atoms with E-state index < -0.39 is 0 Å². The Labute approximate surface area is 165 Å². The smallest absolute Gasteiger partial charge is 0.226 e. The Morgan fingerprint density at radius 3 is 2.41 bits per heavy atom. The summed E-state index contributed by atoms with van der Waals surface area (Å²) in [5.74, 6) is 0.195. The molecule has 0 radical (unpaired) electrons. The molecule has 27 heavy (non-hydrogen) atoms. The number of anilines is 1. The molecule has 2 rings (SSSR count). The van der Waals surface area contributed by atoms with Crippen molar-refractivity contribution in [3.05, 3.63) is 35.7 Å². The van der Waals surface area contributed by atoms with Crippen LogP contribution < -0.4 is 5.32 Å². The van der Waals surface area contributed by atoms with Crippen LogP contribution >= 0.6 is 11.3 Å². The second kappa shape index (κ2) is 10.8. The van der Waals surface area contributed by atoms with Crippen LogP contribution in [0, 0.1) is 0 Å². The molecule has 0 aliphatic rings. The van der Waals surface area contributed by atoms with Crippen molar-refractivity contribution in [1.29, 1.82) is 0 Å². The third-order valence-electron chi connectivity index (χ3n) is 4.53. The molecule has 146 valence electrons. The van der Waals surface area contributed by atoms with E-state index in [4.69, 9.17) is 0 Å². The number of amides is 2. The van der Waals surface area contributed by atoms with Gasteiger partial charge in [-0.05, 0) is 26.7 Å². The second-order valence-corrected chi connectivity index (χ2v) is 7.82. The number of carbonyl (C=O) groups excluding carboxylic acids is 2. The fourth-order valence-corrected chi connectivity index (χ4v) is 3.37. The predicted molar refractivity (Wildman–Crippen MR) is 112 cm³/mol. The predicted octanol–water partition coefficient (Wildman–Crippen LogP) is 4.96. The SMILES string of the molecule is CC(C)N(C)C(=O)CCCCCCC(=O)Nc1nc(-c2ccccc2)cs1. The number of nitrogens with one attached hydrogen (secondary N) is 1. The first-order chi connectivity index (χ1) is 13.0. The van der Waals surface area contributed by atoms with Gasteiger partial charge in [-0.3, -0.25) is 9.59 Å². The van der Waals surface area contributed by atoms with E-state index in [-0.39, 0.29) is 17.9 Å². The third kappa shape index (κ3) is 7.13. The summed E-state index contributed by atoms with van der Waals surface area (Å²) < 4.78 is 0. The average Bonchev–Trinajstić information content (AvgIpc) is 3.12. The minimum Gasteiger partial charge on any atom is -0.343 e. The summed E-state index contributed by atoms with van der Waals surface area (Å²) in [5, 5.41) is 5.47. The van der Waals surface area contributed by atoms with Gasteiger partial charge >= 0.3 is 0 Å². The number of rotatable bonds is 10. The molecule has 0 saturated heterocycles. The maximum atomic E-state index is 12.1. The van der Waals surface area contributed by atoms with Gasteiger partial charge in [0.15, 0.2) is 5.13 Å². The molecule has 1 aromatic carbocycles. The quantitative estimate of drug-likeness (QED) is 0.586. The van der Waals surface area contributed by atoms with E-state index >= 15 is 0 Å². The zero-order valence-electron chi connectivity index (χ0n) is 16.4. The molecule has 0 aliphatic heterocycles. The van der Waals surface area contributed by atoms with Crippen molar-refractivity contribution in [2.45, 2.75) is 58.4 Å². The van der Waals surface area contributed by atoms with E-state index in [1.165, 1.54) is 11.3 Å². The standard InChI is InChI=1S/C21H29N3O2S/c1-16(2)24(3)20(26)14-10-5-4-9-13-19(25)23-21-22-18(15-27-21)17-11-7-6-8-12-17/h6-8,11-12,15-16H,4-5,9-10,13-14H2,1-3H3,(H,22,23,25). The summed E-state index contributed by atoms with van der Waals surface area (Å²) in [6.45, 7) is 4.03. The minimum absolute atomic E-state index is 0.000390. The molecule has 1 heterocycles. The van der Waals surface area contributed by atoms with Gasteiger partial charge in [-0.1, -0.05) is 43.2 Å². The molecule has 0 fully saturated rings. The van der Waals surface area contributed by atoms with Crippen LogP contribution in [0.1, 0.15) is 52.4 Å². The van der Waals surface area contributed by atoms with Gasteiger partial charge in [0, 0.05) is 36.9 Å². The Balaban J connectivity index is 1.62. The van der Waals surface area contributed by atoms with E-state index in [0.717, 1.165) is 36.9 Å². The lowest BCUT2D eigenvalue weighted by molar-refractivity contribution is -0.131. The Kier molecular flexibility index (Phi) is 8.45. The van der Waals surface area contributed by atoms with Crippen molar-refractivity contribution in [3.8, 4) is 11.3 Å². The Bertz CT molecular complexity index is 728. The lowest BCUT2D eigenvalue weighted by Crippen LogP contribution is -2.32. The Hall–Kier alpha value is -2.21. The molecule has 0 spiro atoms. The van der Waals surface area contributed by atoms with Crippen molar-refractivity contribution < 1.29 is 9.59 Å². The largest absolute Gasteiger partial charge is 0.343 e. The molecule has 0 aliphatic carbocycles. The van der Waals surface area contributed by atoms with Crippen LogP contribution in [-0.2, 0) is 9.59 Å². The summed E-state index contributed by atoms with van der Waals surface area (Å²) in [7, 11) is 1.85. The van der Waals surface area contributed by atoms with Crippen LogP contribution in [-0.4, -0.2) is 34.8 Å². The zero-order valence-corrected chi connectivity index (χ0v) is 17.2. The van der Waals surface area contributed by atoms with Crippen molar-refractivity contribution in [1.82, 2.24) is 9.88 Å². The molecule has 1 N–H and O–H groups in total. The number of unbranched alkanes of at least 4 members (excludes halogenated alkanes) is 3. The number of hydrogen-bond donors (Lipinski definition) is 1. The summed E-state index contributed by atoms with van der Waals surface area (Å²) in [5.41, 5.74) is 1.93. The van der Waals surface area contributed by atoms with Crippen molar-refractivity contribution in [2.75, 3.05) is 12.4 Å². The zero-order chi connectivity index (χ0) is 19.6. The number of benzene rings is 1. The number of nitrogens with zero attached hydrogens (tertiary/aromatic N) is 2. The van der Waals surface area contributed by atoms with Gasteiger partial charge in [-0.25, -0.2) is 4.98 Å². The molecule has 0 unspecified atom stereocenters. The highest BCUT2D eigenvalue weighted by molar-refractivity contribution is 7.14. The fourth-order valence-electron chi connectivity index (χ4n) is 2.63. The van der Waals surface area contributed by atoms with Gasteiger partial charge in [-0.15, -0.1) is 11.3 Å². The van der Waals surface area contributed by atoms with Gasteiger partial charge in [0.2, 0.25) is 11.8 Å². The first-order valence-corrected chi connectivity index (χ1v) is 10.4. The Morgan fingerprint density at radius 2 is 1.74 bits per heavy atom. The molecule has 6 heteroatoms. The molecule has 1 aromatic heterocycles. The van der Waals surface area contributed by atoms with Crippen molar-refractivity contribution in [2.24, 2.45) is 0 Å². The summed E-state index contributed by atoms with van der Waals surface area (Å²) in [4.78, 5) is 30.2. The first kappa shape index (κ1) is 21.1. The topological polar surface area (TPSA) is 62.3 Å². The van der Waals surface area contributed by atoms with Crippen LogP contribution in [0.5, 0.6) is 0 Å². The van der Waals surface area contributed by atoms with Gasteiger partial charge in [-0.2, -0.15) is 0 Å². The van der Waals surface area contributed by atoms with Gasteiger partial charge in [0.25, 0.3) is 0 Å². The lowest BCUT2D eigenvalue weighted by Gasteiger charge is -2.21. The van der Waals surface area contributed by atoms with E-state index in [1.807, 2.05) is 56.6 Å². The first-order valence-electron chi connectivity index (χ1n) is 9.54. The van der Waals surface area contributed by atoms with Gasteiger partial charge < -0.3 is 10.2 Å². The maximum Gasteiger partial charge on any atom is 0.226 e. The Morgan fingerprint density at radius 1 is 1.07 bits per heavy atom. The molecule has 0 saturated carbocycles. The molecule has 5 nitrogen and oxygen atoms in total. The molecule has 2 aromatic rings. The van der Waals surface area contributed by atoms with Crippen LogP contribution in [0.3, 0.4) is 0 Å². The molecule has 2 amide bonds. The summed E-state index contributed by atoms with van der Waals surface area (Å²) in [6.07, 6.45) is 4.71. The van der Waals surface area contributed by atoms with Crippen molar-refractivity contribution in [3.63, 3.8) is 0 Å². The van der Waals surface area contributed by atoms with Crippen LogP contribution in [0.15, 0.2) is 35.7 Å². The molecule has 0 atom stereocenters. The summed E-state index contributed by atoms with van der Waals surface area (Å²) >= 11 is 1.44. The van der Waals surface area contributed by atoms with Crippen molar-refractivity contribution >= 4 is 28.3 Å². The van der Waals surface area contributed by atoms with Crippen LogP contribution in [0.25, 0.3) is 11.3 Å². The number of thiazole rings is 1. The number of hydrogen-bond acceptors (Lipinski definition) is 4. The summed E-state index contributed by atoms with van der Waals surface area (Å²) in [6, 6.07) is 10.2.